The molecule has 1 saturated heterocycles. The summed E-state index contributed by atoms with van der Waals surface area (Å²) in [7, 11) is 3.19. The van der Waals surface area contributed by atoms with Crippen LogP contribution in [0.4, 0.5) is 4.39 Å². The second-order valence-electron chi connectivity index (χ2n) is 12.6. The zero-order valence-electron chi connectivity index (χ0n) is 24.6. The highest BCUT2D eigenvalue weighted by atomic mass is 19.1. The molecule has 11 heteroatoms. The summed E-state index contributed by atoms with van der Waals surface area (Å²) in [5.74, 6) is -6.80. The van der Waals surface area contributed by atoms with Crippen LogP contribution in [0, 0.1) is 11.8 Å². The Hall–Kier alpha value is -4.06. The Morgan fingerprint density at radius 1 is 1.11 bits per heavy atom. The topological polar surface area (TPSA) is 165 Å². The van der Waals surface area contributed by atoms with Gasteiger partial charge in [-0.2, -0.15) is 0 Å². The monoisotopic (exact) mass is 605 g/mol. The SMILES string of the molecule is CN(C)[C@@H]1C(O)=C(C(N)=O)C(=O)[C@@]2(O)C(O)=C3C(=O)c4c(O)ccc(-c5cccc(CN6CCC(F)CC6)c5)c4C[C@H]3C[C@@H]12. The number of fused-ring (bicyclic) bond motifs is 3. The van der Waals surface area contributed by atoms with E-state index in [0.717, 1.165) is 16.7 Å². The van der Waals surface area contributed by atoms with Gasteiger partial charge in [0.1, 0.15) is 29.0 Å². The lowest BCUT2D eigenvalue weighted by molar-refractivity contribution is -0.148. The van der Waals surface area contributed by atoms with Gasteiger partial charge in [0.15, 0.2) is 11.4 Å². The van der Waals surface area contributed by atoms with Crippen molar-refractivity contribution < 1.29 is 39.2 Å². The van der Waals surface area contributed by atoms with Crippen LogP contribution in [0.2, 0.25) is 0 Å². The second kappa shape index (κ2) is 10.8. The molecule has 1 amide bonds. The Morgan fingerprint density at radius 3 is 2.48 bits per heavy atom. The number of phenols is 1. The van der Waals surface area contributed by atoms with E-state index in [0.29, 0.717) is 38.0 Å². The van der Waals surface area contributed by atoms with Crippen molar-refractivity contribution in [1.82, 2.24) is 9.80 Å². The van der Waals surface area contributed by atoms with Crippen LogP contribution in [0.25, 0.3) is 11.1 Å². The zero-order chi connectivity index (χ0) is 31.7. The van der Waals surface area contributed by atoms with Gasteiger partial charge in [0, 0.05) is 31.1 Å². The fraction of sp³-hybridized carbons (Fsp3) is 0.424. The molecular weight excluding hydrogens is 569 g/mol. The quantitative estimate of drug-likeness (QED) is 0.322. The molecular formula is C33H36FN3O7. The predicted octanol–water partition coefficient (Wildman–Crippen LogP) is 2.72. The molecule has 6 rings (SSSR count). The largest absolute Gasteiger partial charge is 0.510 e. The molecule has 10 nitrogen and oxygen atoms in total. The average molecular weight is 606 g/mol. The fourth-order valence-electron chi connectivity index (χ4n) is 7.68. The summed E-state index contributed by atoms with van der Waals surface area (Å²) in [6, 6.07) is 9.92. The normalized spacial score (nSPS) is 27.8. The third kappa shape index (κ3) is 4.53. The van der Waals surface area contributed by atoms with E-state index in [1.54, 1.807) is 20.2 Å². The smallest absolute Gasteiger partial charge is 0.255 e. The Labute approximate surface area is 253 Å². The van der Waals surface area contributed by atoms with Crippen molar-refractivity contribution in [2.24, 2.45) is 17.6 Å². The van der Waals surface area contributed by atoms with Crippen LogP contribution < -0.4 is 5.73 Å². The van der Waals surface area contributed by atoms with E-state index < -0.39 is 64.2 Å². The minimum Gasteiger partial charge on any atom is -0.510 e. The molecule has 232 valence electrons. The molecule has 4 atom stereocenters. The number of hydrogen-bond acceptors (Lipinski definition) is 9. The number of aliphatic hydroxyl groups excluding tert-OH is 2. The van der Waals surface area contributed by atoms with E-state index in [1.807, 2.05) is 24.3 Å². The first-order valence-corrected chi connectivity index (χ1v) is 14.8. The Bertz CT molecular complexity index is 1640. The van der Waals surface area contributed by atoms with Crippen LogP contribution >= 0.6 is 0 Å². The Morgan fingerprint density at radius 2 is 1.82 bits per heavy atom. The summed E-state index contributed by atoms with van der Waals surface area (Å²) < 4.78 is 13.6. The number of benzene rings is 2. The van der Waals surface area contributed by atoms with Crippen LogP contribution in [0.3, 0.4) is 0 Å². The number of phenolic OH excluding ortho intramolecular Hbond substituents is 1. The van der Waals surface area contributed by atoms with Crippen LogP contribution in [0.1, 0.15) is 40.7 Å². The third-order valence-electron chi connectivity index (χ3n) is 9.77. The van der Waals surface area contributed by atoms with Gasteiger partial charge < -0.3 is 26.2 Å². The molecule has 44 heavy (non-hydrogen) atoms. The van der Waals surface area contributed by atoms with E-state index in [9.17, 15) is 39.2 Å². The van der Waals surface area contributed by atoms with Crippen molar-refractivity contribution >= 4 is 17.5 Å². The van der Waals surface area contributed by atoms with Crippen molar-refractivity contribution in [1.29, 1.82) is 0 Å². The highest BCUT2D eigenvalue weighted by Gasteiger charge is 2.63. The summed E-state index contributed by atoms with van der Waals surface area (Å²) in [4.78, 5) is 43.4. The predicted molar refractivity (Wildman–Crippen MR) is 159 cm³/mol. The van der Waals surface area contributed by atoms with Gasteiger partial charge in [0.25, 0.3) is 5.91 Å². The van der Waals surface area contributed by atoms with Crippen molar-refractivity contribution in [3.05, 3.63) is 75.8 Å². The number of carbonyl (C=O) groups excluding carboxylic acids is 3. The van der Waals surface area contributed by atoms with Crippen LogP contribution in [0.15, 0.2) is 59.1 Å². The highest BCUT2D eigenvalue weighted by Crippen LogP contribution is 2.53. The number of allylic oxidation sites excluding steroid dienone is 1. The molecule has 0 radical (unpaired) electrons. The summed E-state index contributed by atoms with van der Waals surface area (Å²) >= 11 is 0. The van der Waals surface area contributed by atoms with Gasteiger partial charge in [-0.1, -0.05) is 24.3 Å². The van der Waals surface area contributed by atoms with E-state index in [2.05, 4.69) is 4.90 Å². The molecule has 0 spiro atoms. The maximum absolute atomic E-state index is 14.0. The minimum absolute atomic E-state index is 0.0193. The van der Waals surface area contributed by atoms with Crippen molar-refractivity contribution in [3.8, 4) is 16.9 Å². The van der Waals surface area contributed by atoms with Crippen molar-refractivity contribution in [2.75, 3.05) is 27.2 Å². The molecule has 0 saturated carbocycles. The van der Waals surface area contributed by atoms with Crippen LogP contribution in [-0.2, 0) is 22.6 Å². The number of nitrogens with zero attached hydrogens (tertiary/aromatic N) is 2. The van der Waals surface area contributed by atoms with Crippen LogP contribution in [0.5, 0.6) is 5.75 Å². The molecule has 2 aromatic carbocycles. The van der Waals surface area contributed by atoms with Gasteiger partial charge in [-0.15, -0.1) is 0 Å². The number of nitrogens with two attached hydrogens (primary N) is 1. The van der Waals surface area contributed by atoms with Gasteiger partial charge in [-0.05, 0) is 80.1 Å². The molecule has 6 N–H and O–H groups in total. The molecule has 1 heterocycles. The number of piperidine rings is 1. The number of halogens is 1. The van der Waals surface area contributed by atoms with E-state index >= 15 is 0 Å². The van der Waals surface area contributed by atoms with Crippen molar-refractivity contribution in [2.45, 2.75) is 50.0 Å². The van der Waals surface area contributed by atoms with Gasteiger partial charge in [0.2, 0.25) is 5.78 Å². The molecule has 0 unspecified atom stereocenters. The molecule has 1 aliphatic heterocycles. The fourth-order valence-corrected chi connectivity index (χ4v) is 7.68. The summed E-state index contributed by atoms with van der Waals surface area (Å²) in [6.45, 7) is 1.99. The molecule has 0 aromatic heterocycles. The number of alkyl halides is 1. The number of primary amides is 1. The average Bonchev–Trinajstić information content (AvgIpc) is 2.96. The van der Waals surface area contributed by atoms with Crippen molar-refractivity contribution in [3.63, 3.8) is 0 Å². The van der Waals surface area contributed by atoms with Gasteiger partial charge in [-0.25, -0.2) is 4.39 Å². The van der Waals surface area contributed by atoms with E-state index in [-0.39, 0.29) is 29.7 Å². The molecule has 3 aliphatic carbocycles. The maximum atomic E-state index is 14.0. The number of Topliss-reactive ketones (excluding diaryl/α,β-unsaturated/α-hetero) is 2. The Balaban J connectivity index is 1.43. The first-order chi connectivity index (χ1) is 20.8. The number of likely N-dealkylation sites (tertiary alicyclic amines) is 1. The number of aromatic hydroxyl groups is 1. The number of likely N-dealkylation sites (N-methyl/N-ethyl adjacent to an activating group) is 1. The second-order valence-corrected chi connectivity index (χ2v) is 12.6. The number of carbonyl (C=O) groups is 3. The molecule has 2 aromatic rings. The highest BCUT2D eigenvalue weighted by molar-refractivity contribution is 6.24. The van der Waals surface area contributed by atoms with E-state index in [1.165, 1.54) is 11.0 Å². The molecule has 0 bridgehead atoms. The lowest BCUT2D eigenvalue weighted by Crippen LogP contribution is -2.63. The van der Waals surface area contributed by atoms with Crippen LogP contribution in [-0.4, -0.2) is 92.7 Å². The molecule has 1 fully saturated rings. The minimum atomic E-state index is -2.68. The third-order valence-corrected chi connectivity index (χ3v) is 9.77. The number of rotatable bonds is 5. The van der Waals surface area contributed by atoms with Gasteiger partial charge >= 0.3 is 0 Å². The standard InChI is InChI=1S/C33H36FN3O7/c1-36(2)27-22-14-18-13-21-20(17-5-3-4-16(12-17)15-37-10-8-19(34)9-11-37)6-7-23(38)25(21)28(39)24(18)30(41)33(22,44)31(42)26(29(27)40)32(35)43/h3-7,12,18-19,22,27,38,40-41,44H,8-11,13-15H2,1-2H3,(H2,35,43)/t18-,22-,27-,33-/m0/s1. The summed E-state index contributed by atoms with van der Waals surface area (Å²) in [5.41, 5.74) is 4.79. The maximum Gasteiger partial charge on any atom is 0.255 e. The van der Waals surface area contributed by atoms with Gasteiger partial charge in [-0.3, -0.25) is 24.2 Å². The molecule has 4 aliphatic rings. The number of hydrogen-bond donors (Lipinski definition) is 5. The lowest BCUT2D eigenvalue weighted by Gasteiger charge is -2.50. The summed E-state index contributed by atoms with van der Waals surface area (Å²) in [6.07, 6.45) is 0.464. The number of amides is 1. The number of ketones is 2. The Kier molecular flexibility index (Phi) is 7.38. The van der Waals surface area contributed by atoms with E-state index in [4.69, 9.17) is 5.73 Å². The summed E-state index contributed by atoms with van der Waals surface area (Å²) in [5, 5.41) is 45.1. The zero-order valence-corrected chi connectivity index (χ0v) is 24.6. The lowest BCUT2D eigenvalue weighted by atomic mass is 9.58. The first kappa shape index (κ1) is 30.0. The first-order valence-electron chi connectivity index (χ1n) is 14.8. The van der Waals surface area contributed by atoms with Gasteiger partial charge in [0.05, 0.1) is 11.6 Å². The number of aliphatic hydroxyl groups is 3.